The lowest BCUT2D eigenvalue weighted by molar-refractivity contribution is 0.102. The SMILES string of the molecule is Cc1nn(Cc2cccc(C(=O)Nc3nn(Cc4ccc(F)cc4)cc3Cl)c2)c(C)c1Cl. The molecule has 6 nitrogen and oxygen atoms in total. The molecule has 4 aromatic rings. The largest absolute Gasteiger partial charge is 0.304 e. The molecule has 0 radical (unpaired) electrons. The summed E-state index contributed by atoms with van der Waals surface area (Å²) >= 11 is 12.5. The number of anilines is 1. The molecule has 0 unspecified atom stereocenters. The summed E-state index contributed by atoms with van der Waals surface area (Å²) in [7, 11) is 0. The molecule has 0 fully saturated rings. The highest BCUT2D eigenvalue weighted by atomic mass is 35.5. The molecule has 0 aliphatic rings. The fourth-order valence-corrected chi connectivity index (χ4v) is 3.67. The minimum atomic E-state index is -0.327. The van der Waals surface area contributed by atoms with E-state index in [4.69, 9.17) is 23.2 Å². The van der Waals surface area contributed by atoms with Gasteiger partial charge in [0.05, 0.1) is 29.5 Å². The zero-order valence-corrected chi connectivity index (χ0v) is 19.0. The van der Waals surface area contributed by atoms with Crippen LogP contribution in [0.2, 0.25) is 10.0 Å². The van der Waals surface area contributed by atoms with Crippen molar-refractivity contribution in [2.75, 3.05) is 5.32 Å². The third-order valence-corrected chi connectivity index (χ3v) is 5.85. The van der Waals surface area contributed by atoms with Gasteiger partial charge in [-0.3, -0.25) is 14.2 Å². The average Bonchev–Trinajstić information content (AvgIpc) is 3.23. The van der Waals surface area contributed by atoms with Crippen LogP contribution >= 0.6 is 23.2 Å². The van der Waals surface area contributed by atoms with Gasteiger partial charge in [0.15, 0.2) is 5.82 Å². The van der Waals surface area contributed by atoms with Gasteiger partial charge in [0.25, 0.3) is 5.91 Å². The maximum atomic E-state index is 13.1. The van der Waals surface area contributed by atoms with Crippen molar-refractivity contribution in [3.63, 3.8) is 0 Å². The average molecular weight is 472 g/mol. The van der Waals surface area contributed by atoms with Gasteiger partial charge in [-0.1, -0.05) is 47.5 Å². The number of benzene rings is 2. The van der Waals surface area contributed by atoms with Crippen LogP contribution in [0.3, 0.4) is 0 Å². The number of rotatable bonds is 6. The van der Waals surface area contributed by atoms with E-state index in [1.807, 2.05) is 30.7 Å². The Hall–Kier alpha value is -3.16. The third-order valence-electron chi connectivity index (χ3n) is 5.02. The molecular weight excluding hydrogens is 452 g/mol. The van der Waals surface area contributed by atoms with Gasteiger partial charge in [0.1, 0.15) is 10.8 Å². The zero-order valence-electron chi connectivity index (χ0n) is 17.4. The molecule has 0 aliphatic carbocycles. The Bertz CT molecular complexity index is 1280. The normalized spacial score (nSPS) is 11.0. The Labute approximate surface area is 194 Å². The standard InChI is InChI=1S/C23H20Cl2FN5O/c1-14-21(25)15(2)31(28-14)12-17-4-3-5-18(10-17)23(32)27-22-20(24)13-30(29-22)11-16-6-8-19(26)9-7-16/h3-10,13H,11-12H2,1-2H3,(H,27,29,32). The highest BCUT2D eigenvalue weighted by Crippen LogP contribution is 2.22. The van der Waals surface area contributed by atoms with Crippen molar-refractivity contribution in [2.24, 2.45) is 0 Å². The Morgan fingerprint density at radius 2 is 1.78 bits per heavy atom. The van der Waals surface area contributed by atoms with E-state index in [1.165, 1.54) is 12.1 Å². The molecule has 9 heteroatoms. The first-order valence-electron chi connectivity index (χ1n) is 9.87. The van der Waals surface area contributed by atoms with E-state index in [0.717, 1.165) is 22.5 Å². The summed E-state index contributed by atoms with van der Waals surface area (Å²) < 4.78 is 16.5. The number of amides is 1. The predicted octanol–water partition coefficient (Wildman–Crippen LogP) is 5.49. The van der Waals surface area contributed by atoms with Gasteiger partial charge in [-0.05, 0) is 49.2 Å². The summed E-state index contributed by atoms with van der Waals surface area (Å²) in [6.45, 7) is 4.65. The highest BCUT2D eigenvalue weighted by molar-refractivity contribution is 6.33. The molecule has 0 bridgehead atoms. The van der Waals surface area contributed by atoms with Crippen LogP contribution in [0.25, 0.3) is 0 Å². The van der Waals surface area contributed by atoms with Gasteiger partial charge < -0.3 is 5.32 Å². The van der Waals surface area contributed by atoms with Crippen molar-refractivity contribution in [1.82, 2.24) is 19.6 Å². The van der Waals surface area contributed by atoms with E-state index in [-0.39, 0.29) is 17.5 Å². The molecule has 1 N–H and O–H groups in total. The van der Waals surface area contributed by atoms with Crippen molar-refractivity contribution in [3.8, 4) is 0 Å². The number of hydrogen-bond acceptors (Lipinski definition) is 3. The van der Waals surface area contributed by atoms with Gasteiger partial charge in [-0.2, -0.15) is 10.2 Å². The molecule has 0 saturated heterocycles. The Balaban J connectivity index is 1.47. The number of nitrogens with one attached hydrogen (secondary N) is 1. The first-order chi connectivity index (χ1) is 15.3. The Kier molecular flexibility index (Phi) is 6.30. The van der Waals surface area contributed by atoms with E-state index in [1.54, 1.807) is 35.1 Å². The van der Waals surface area contributed by atoms with Crippen molar-refractivity contribution < 1.29 is 9.18 Å². The van der Waals surface area contributed by atoms with E-state index < -0.39 is 0 Å². The lowest BCUT2D eigenvalue weighted by atomic mass is 10.1. The topological polar surface area (TPSA) is 64.7 Å². The van der Waals surface area contributed by atoms with Gasteiger partial charge in [-0.15, -0.1) is 0 Å². The van der Waals surface area contributed by atoms with Crippen LogP contribution in [0.15, 0.2) is 54.7 Å². The quantitative estimate of drug-likeness (QED) is 0.404. The second-order valence-electron chi connectivity index (χ2n) is 7.45. The Morgan fingerprint density at radius 1 is 1.03 bits per heavy atom. The van der Waals surface area contributed by atoms with E-state index >= 15 is 0 Å². The van der Waals surface area contributed by atoms with Crippen LogP contribution in [0, 0.1) is 19.7 Å². The molecule has 2 aromatic heterocycles. The fourth-order valence-electron chi connectivity index (χ4n) is 3.33. The maximum Gasteiger partial charge on any atom is 0.256 e. The van der Waals surface area contributed by atoms with Crippen LogP contribution in [0.5, 0.6) is 0 Å². The van der Waals surface area contributed by atoms with E-state index in [2.05, 4.69) is 15.5 Å². The molecule has 0 aliphatic heterocycles. The number of nitrogens with zero attached hydrogens (tertiary/aromatic N) is 4. The zero-order chi connectivity index (χ0) is 22.8. The van der Waals surface area contributed by atoms with Crippen LogP contribution in [0.1, 0.15) is 32.9 Å². The third kappa shape index (κ3) is 4.84. The van der Waals surface area contributed by atoms with E-state index in [0.29, 0.717) is 28.7 Å². The molecule has 0 saturated carbocycles. The van der Waals surface area contributed by atoms with Gasteiger partial charge in [-0.25, -0.2) is 4.39 Å². The lowest BCUT2D eigenvalue weighted by Gasteiger charge is -2.08. The number of carbonyl (C=O) groups is 1. The first-order valence-corrected chi connectivity index (χ1v) is 10.6. The summed E-state index contributed by atoms with van der Waals surface area (Å²) in [5.74, 6) is -0.370. The number of halogens is 3. The number of hydrogen-bond donors (Lipinski definition) is 1. The fraction of sp³-hybridized carbons (Fsp3) is 0.174. The van der Waals surface area contributed by atoms with Crippen molar-refractivity contribution in [1.29, 1.82) is 0 Å². The second kappa shape index (κ2) is 9.14. The van der Waals surface area contributed by atoms with Crippen LogP contribution < -0.4 is 5.32 Å². The number of aryl methyl sites for hydroxylation is 1. The minimum absolute atomic E-state index is 0.259. The lowest BCUT2D eigenvalue weighted by Crippen LogP contribution is -2.14. The van der Waals surface area contributed by atoms with Gasteiger partial charge >= 0.3 is 0 Å². The van der Waals surface area contributed by atoms with Crippen molar-refractivity contribution >= 4 is 34.9 Å². The monoisotopic (exact) mass is 471 g/mol. The van der Waals surface area contributed by atoms with Crippen molar-refractivity contribution in [2.45, 2.75) is 26.9 Å². The molecular formula is C23H20Cl2FN5O. The predicted molar refractivity (Wildman–Crippen MR) is 123 cm³/mol. The first kappa shape index (κ1) is 22.0. The summed E-state index contributed by atoms with van der Waals surface area (Å²) in [4.78, 5) is 12.8. The van der Waals surface area contributed by atoms with Crippen LogP contribution in [-0.4, -0.2) is 25.5 Å². The number of carbonyl (C=O) groups excluding carboxylic acids is 1. The highest BCUT2D eigenvalue weighted by Gasteiger charge is 2.14. The summed E-state index contributed by atoms with van der Waals surface area (Å²) in [5.41, 5.74) is 3.88. The summed E-state index contributed by atoms with van der Waals surface area (Å²) in [6, 6.07) is 13.4. The van der Waals surface area contributed by atoms with Crippen molar-refractivity contribution in [3.05, 3.63) is 98.7 Å². The molecule has 0 atom stereocenters. The van der Waals surface area contributed by atoms with E-state index in [9.17, 15) is 9.18 Å². The molecule has 4 rings (SSSR count). The Morgan fingerprint density at radius 3 is 2.47 bits per heavy atom. The van der Waals surface area contributed by atoms with Crippen LogP contribution in [-0.2, 0) is 13.1 Å². The maximum absolute atomic E-state index is 13.1. The summed E-state index contributed by atoms with van der Waals surface area (Å²) in [5, 5.41) is 12.5. The molecule has 2 aromatic carbocycles. The smallest absolute Gasteiger partial charge is 0.256 e. The number of aromatic nitrogens is 4. The second-order valence-corrected chi connectivity index (χ2v) is 8.23. The molecule has 32 heavy (non-hydrogen) atoms. The molecule has 2 heterocycles. The summed E-state index contributed by atoms with van der Waals surface area (Å²) in [6.07, 6.45) is 1.61. The van der Waals surface area contributed by atoms with Gasteiger partial charge in [0.2, 0.25) is 0 Å². The van der Waals surface area contributed by atoms with Crippen LogP contribution in [0.4, 0.5) is 10.2 Å². The minimum Gasteiger partial charge on any atom is -0.304 e. The van der Waals surface area contributed by atoms with Gasteiger partial charge in [0, 0.05) is 11.8 Å². The molecule has 1 amide bonds. The molecule has 164 valence electrons. The molecule has 0 spiro atoms.